The summed E-state index contributed by atoms with van der Waals surface area (Å²) >= 11 is 1.65. The lowest BCUT2D eigenvalue weighted by molar-refractivity contribution is -0.884. The van der Waals surface area contributed by atoms with Crippen molar-refractivity contribution >= 4 is 22.8 Å². The molecule has 1 saturated carbocycles. The minimum Gasteiger partial charge on any atom is -0.334 e. The second-order valence-electron chi connectivity index (χ2n) is 7.83. The maximum Gasteiger partial charge on any atom is 0.332 e. The number of nitrogens with zero attached hydrogens (tertiary/aromatic N) is 4. The number of rotatable bonds is 5. The molecule has 0 radical (unpaired) electrons. The molecule has 1 saturated heterocycles. The number of quaternary nitrogens is 1. The van der Waals surface area contributed by atoms with Crippen LogP contribution in [0.5, 0.6) is 0 Å². The second kappa shape index (κ2) is 7.75. The number of hydrogen-bond acceptors (Lipinski definition) is 5. The maximum absolute atomic E-state index is 12.8. The highest BCUT2D eigenvalue weighted by Crippen LogP contribution is 2.34. The van der Waals surface area contributed by atoms with Crippen molar-refractivity contribution in [2.75, 3.05) is 25.4 Å². The maximum atomic E-state index is 12.8. The van der Waals surface area contributed by atoms with Crippen LogP contribution in [0, 0.1) is 0 Å². The highest BCUT2D eigenvalue weighted by Gasteiger charge is 2.24. The summed E-state index contributed by atoms with van der Waals surface area (Å²) in [6.07, 6.45) is 7.19. The van der Waals surface area contributed by atoms with Crippen LogP contribution in [0.25, 0.3) is 11.0 Å². The summed E-state index contributed by atoms with van der Waals surface area (Å²) in [7, 11) is 3.22. The first-order valence-electron chi connectivity index (χ1n) is 10.0. The van der Waals surface area contributed by atoms with Crippen molar-refractivity contribution in [1.82, 2.24) is 19.1 Å². The number of aromatic nitrogens is 4. The molecule has 2 aromatic heterocycles. The first-order chi connectivity index (χ1) is 13.1. The van der Waals surface area contributed by atoms with Crippen molar-refractivity contribution in [3.8, 4) is 0 Å². The molecular weight excluding hydrogens is 362 g/mol. The highest BCUT2D eigenvalue weighted by molar-refractivity contribution is 7.99. The Kier molecular flexibility index (Phi) is 5.36. The fourth-order valence-corrected chi connectivity index (χ4v) is 5.40. The van der Waals surface area contributed by atoms with E-state index in [0.717, 1.165) is 40.6 Å². The average molecular weight is 391 g/mol. The van der Waals surface area contributed by atoms with Crippen LogP contribution in [0.2, 0.25) is 0 Å². The van der Waals surface area contributed by atoms with Crippen molar-refractivity contribution in [2.45, 2.75) is 49.5 Å². The van der Waals surface area contributed by atoms with Gasteiger partial charge in [0.25, 0.3) is 5.56 Å². The smallest absolute Gasteiger partial charge is 0.332 e. The van der Waals surface area contributed by atoms with Crippen molar-refractivity contribution < 1.29 is 4.90 Å². The number of fused-ring (bicyclic) bond motifs is 1. The van der Waals surface area contributed by atoms with Crippen LogP contribution >= 0.6 is 11.8 Å². The molecule has 7 nitrogen and oxygen atoms in total. The van der Waals surface area contributed by atoms with Crippen molar-refractivity contribution in [3.63, 3.8) is 0 Å². The Morgan fingerprint density at radius 1 is 1.04 bits per heavy atom. The van der Waals surface area contributed by atoms with Gasteiger partial charge in [0.05, 0.1) is 19.6 Å². The molecular formula is C19H28N5O2S+. The molecule has 3 heterocycles. The van der Waals surface area contributed by atoms with Gasteiger partial charge in [0.1, 0.15) is 16.2 Å². The number of aryl methyl sites for hydroxylation is 1. The van der Waals surface area contributed by atoms with Gasteiger partial charge in [-0.2, -0.15) is 0 Å². The van der Waals surface area contributed by atoms with Gasteiger partial charge in [0, 0.05) is 38.6 Å². The number of hydrogen-bond donors (Lipinski definition) is 1. The third-order valence-corrected chi connectivity index (χ3v) is 6.99. The molecule has 2 fully saturated rings. The van der Waals surface area contributed by atoms with E-state index >= 15 is 0 Å². The molecule has 1 N–H and O–H groups in total. The van der Waals surface area contributed by atoms with E-state index in [-0.39, 0.29) is 11.2 Å². The highest BCUT2D eigenvalue weighted by atomic mass is 32.2. The average Bonchev–Trinajstić information content (AvgIpc) is 3.38. The van der Waals surface area contributed by atoms with E-state index in [0.29, 0.717) is 17.0 Å². The van der Waals surface area contributed by atoms with Crippen molar-refractivity contribution in [2.24, 2.45) is 14.1 Å². The Morgan fingerprint density at radius 2 is 1.74 bits per heavy atom. The van der Waals surface area contributed by atoms with Gasteiger partial charge in [-0.05, 0) is 12.8 Å². The zero-order valence-corrected chi connectivity index (χ0v) is 17.0. The van der Waals surface area contributed by atoms with Gasteiger partial charge < -0.3 is 4.90 Å². The van der Waals surface area contributed by atoms with Gasteiger partial charge in [-0.3, -0.25) is 13.9 Å². The predicted octanol–water partition coefficient (Wildman–Crippen LogP) is 0.456. The van der Waals surface area contributed by atoms with Gasteiger partial charge >= 0.3 is 5.69 Å². The summed E-state index contributed by atoms with van der Waals surface area (Å²) in [5.41, 5.74) is -0.140. The van der Waals surface area contributed by atoms with Crippen LogP contribution < -0.4 is 16.1 Å². The molecule has 0 spiro atoms. The fourth-order valence-electron chi connectivity index (χ4n) is 4.33. The van der Waals surface area contributed by atoms with Crippen LogP contribution in [0.1, 0.15) is 50.3 Å². The molecule has 4 rings (SSSR count). The lowest BCUT2D eigenvalue weighted by Gasteiger charge is -2.15. The van der Waals surface area contributed by atoms with Gasteiger partial charge in [-0.25, -0.2) is 14.8 Å². The van der Waals surface area contributed by atoms with Gasteiger partial charge in [-0.1, -0.05) is 24.6 Å². The molecule has 0 aromatic carbocycles. The van der Waals surface area contributed by atoms with E-state index in [1.54, 1.807) is 23.7 Å². The molecule has 8 heteroatoms. The van der Waals surface area contributed by atoms with E-state index < -0.39 is 0 Å². The zero-order chi connectivity index (χ0) is 19.0. The van der Waals surface area contributed by atoms with Crippen LogP contribution in [-0.4, -0.2) is 44.5 Å². The Hall–Kier alpha value is -1.67. The molecule has 27 heavy (non-hydrogen) atoms. The summed E-state index contributed by atoms with van der Waals surface area (Å²) in [5, 5.41) is 1.24. The van der Waals surface area contributed by atoms with Gasteiger partial charge in [0.2, 0.25) is 0 Å². The van der Waals surface area contributed by atoms with Crippen molar-refractivity contribution in [1.29, 1.82) is 0 Å². The minimum atomic E-state index is -0.332. The van der Waals surface area contributed by atoms with Crippen molar-refractivity contribution in [3.05, 3.63) is 26.7 Å². The van der Waals surface area contributed by atoms with E-state index in [1.165, 1.54) is 50.4 Å². The molecule has 0 bridgehead atoms. The predicted molar refractivity (Wildman–Crippen MR) is 107 cm³/mol. The molecule has 1 aliphatic carbocycles. The second-order valence-corrected chi connectivity index (χ2v) is 8.91. The molecule has 0 atom stereocenters. The SMILES string of the molecule is Cn1c(=O)c2c(SCC[NH+]3CCCC3)nc(C3CCCC3)nc2n(C)c1=O. The van der Waals surface area contributed by atoms with E-state index in [4.69, 9.17) is 4.98 Å². The lowest BCUT2D eigenvalue weighted by atomic mass is 10.1. The number of likely N-dealkylation sites (tertiary alicyclic amines) is 1. The standard InChI is InChI=1S/C19H27N5O2S/c1-22-16-14(18(25)23(2)19(22)26)17(27-12-11-24-9-5-6-10-24)21-15(20-16)13-7-3-4-8-13/h13H,3-12H2,1-2H3/p+1. The molecule has 0 amide bonds. The van der Waals surface area contributed by atoms with Gasteiger partial charge in [-0.15, -0.1) is 0 Å². The number of nitrogens with one attached hydrogen (secondary N) is 1. The molecule has 2 aromatic rings. The summed E-state index contributed by atoms with van der Waals surface area (Å²) in [6.45, 7) is 3.57. The Bertz CT molecular complexity index is 955. The first-order valence-corrected chi connectivity index (χ1v) is 11.0. The molecule has 146 valence electrons. The van der Waals surface area contributed by atoms with E-state index in [1.807, 2.05) is 0 Å². The van der Waals surface area contributed by atoms with E-state index in [9.17, 15) is 9.59 Å². The molecule has 0 unspecified atom stereocenters. The fraction of sp³-hybridized carbons (Fsp3) is 0.684. The number of thioether (sulfide) groups is 1. The summed E-state index contributed by atoms with van der Waals surface area (Å²) in [5.74, 6) is 2.08. The molecule has 2 aliphatic rings. The van der Waals surface area contributed by atoms with Crippen LogP contribution in [0.3, 0.4) is 0 Å². The normalized spacial score (nSPS) is 18.7. The largest absolute Gasteiger partial charge is 0.334 e. The lowest BCUT2D eigenvalue weighted by Crippen LogP contribution is -3.10. The van der Waals surface area contributed by atoms with Crippen LogP contribution in [0.4, 0.5) is 0 Å². The van der Waals surface area contributed by atoms with Gasteiger partial charge in [0.15, 0.2) is 5.65 Å². The van der Waals surface area contributed by atoms with Crippen LogP contribution in [-0.2, 0) is 14.1 Å². The Balaban J connectivity index is 1.75. The summed E-state index contributed by atoms with van der Waals surface area (Å²) in [4.78, 5) is 36.4. The monoisotopic (exact) mass is 390 g/mol. The van der Waals surface area contributed by atoms with E-state index in [2.05, 4.69) is 4.98 Å². The summed E-state index contributed by atoms with van der Waals surface area (Å²) < 4.78 is 2.66. The molecule has 1 aliphatic heterocycles. The third-order valence-electron chi connectivity index (χ3n) is 6.01. The Labute approximate surface area is 162 Å². The van der Waals surface area contributed by atoms with Crippen LogP contribution in [0.15, 0.2) is 14.6 Å². The topological polar surface area (TPSA) is 74.2 Å². The first kappa shape index (κ1) is 18.7. The third kappa shape index (κ3) is 3.57. The Morgan fingerprint density at radius 3 is 2.44 bits per heavy atom. The quantitative estimate of drug-likeness (QED) is 0.593. The summed E-state index contributed by atoms with van der Waals surface area (Å²) in [6, 6.07) is 0. The minimum absolute atomic E-state index is 0.290. The zero-order valence-electron chi connectivity index (χ0n) is 16.2.